The van der Waals surface area contributed by atoms with Crippen LogP contribution in [0.5, 0.6) is 11.5 Å². The van der Waals surface area contributed by atoms with Crippen LogP contribution in [0.3, 0.4) is 0 Å². The molecule has 0 saturated heterocycles. The minimum absolute atomic E-state index is 0.0182. The summed E-state index contributed by atoms with van der Waals surface area (Å²) in [6, 6.07) is 2.20. The van der Waals surface area contributed by atoms with Crippen molar-refractivity contribution in [1.82, 2.24) is 0 Å². The molecule has 0 saturated carbocycles. The number of hydrogen-bond acceptors (Lipinski definition) is 2. The maximum Gasteiger partial charge on any atom is 0.126 e. The standard InChI is InChI=1S/C20H30O2Si/c1-20(2,3)16-13-17(21-4)19(23(6)7)15(18(16)22-5)12-14-10-8-9-11-14/h8,10-11,13,23H,9,12H2,1-7H3. The zero-order valence-corrected chi connectivity index (χ0v) is 16.8. The SMILES string of the molecule is COc1cc(C(C)(C)C)c(OC)c(CC2=CCC=C2)c1[SiH](C)C. The Hall–Kier alpha value is -1.48. The Labute approximate surface area is 142 Å². The Morgan fingerprint density at radius 1 is 1.13 bits per heavy atom. The average molecular weight is 331 g/mol. The molecule has 0 aromatic heterocycles. The topological polar surface area (TPSA) is 18.5 Å². The molecule has 1 aromatic rings. The first-order valence-electron chi connectivity index (χ1n) is 8.43. The van der Waals surface area contributed by atoms with Crippen molar-refractivity contribution in [3.05, 3.63) is 41.0 Å². The van der Waals surface area contributed by atoms with E-state index in [4.69, 9.17) is 9.47 Å². The number of allylic oxidation sites excluding steroid dienone is 4. The largest absolute Gasteiger partial charge is 0.497 e. The first-order chi connectivity index (χ1) is 10.8. The Morgan fingerprint density at radius 2 is 1.83 bits per heavy atom. The molecule has 0 fully saturated rings. The normalized spacial score (nSPS) is 14.3. The van der Waals surface area contributed by atoms with E-state index in [1.807, 2.05) is 0 Å². The van der Waals surface area contributed by atoms with Crippen LogP contribution in [0.2, 0.25) is 13.1 Å². The van der Waals surface area contributed by atoms with Gasteiger partial charge in [-0.05, 0) is 28.7 Å². The highest BCUT2D eigenvalue weighted by molar-refractivity contribution is 6.72. The average Bonchev–Trinajstić information content (AvgIpc) is 2.97. The molecule has 1 aliphatic rings. The minimum atomic E-state index is -1.06. The molecule has 0 aliphatic heterocycles. The fourth-order valence-electron chi connectivity index (χ4n) is 3.32. The van der Waals surface area contributed by atoms with E-state index in [-0.39, 0.29) is 5.41 Å². The zero-order valence-electron chi connectivity index (χ0n) is 15.6. The maximum atomic E-state index is 5.92. The lowest BCUT2D eigenvalue weighted by Crippen LogP contribution is -2.31. The van der Waals surface area contributed by atoms with Crippen molar-refractivity contribution in [2.24, 2.45) is 0 Å². The van der Waals surface area contributed by atoms with Crippen molar-refractivity contribution < 1.29 is 9.47 Å². The van der Waals surface area contributed by atoms with E-state index < -0.39 is 8.80 Å². The number of ether oxygens (including phenoxy) is 2. The molecule has 23 heavy (non-hydrogen) atoms. The van der Waals surface area contributed by atoms with Gasteiger partial charge in [0.05, 0.1) is 23.0 Å². The van der Waals surface area contributed by atoms with E-state index in [0.29, 0.717) is 0 Å². The molecule has 1 aromatic carbocycles. The van der Waals surface area contributed by atoms with Crippen LogP contribution in [-0.4, -0.2) is 23.0 Å². The van der Waals surface area contributed by atoms with Gasteiger partial charge in [-0.1, -0.05) is 52.1 Å². The predicted octanol–water partition coefficient (Wildman–Crippen LogP) is 4.12. The Balaban J connectivity index is 2.72. The lowest BCUT2D eigenvalue weighted by molar-refractivity contribution is 0.386. The first kappa shape index (κ1) is 17.9. The van der Waals surface area contributed by atoms with Crippen LogP contribution < -0.4 is 14.7 Å². The van der Waals surface area contributed by atoms with E-state index >= 15 is 0 Å². The molecular weight excluding hydrogens is 300 g/mol. The first-order valence-corrected chi connectivity index (χ1v) is 11.3. The highest BCUT2D eigenvalue weighted by atomic mass is 28.3. The smallest absolute Gasteiger partial charge is 0.126 e. The number of benzene rings is 1. The van der Waals surface area contributed by atoms with Crippen molar-refractivity contribution in [3.8, 4) is 11.5 Å². The third kappa shape index (κ3) is 3.71. The van der Waals surface area contributed by atoms with Gasteiger partial charge in [-0.15, -0.1) is 0 Å². The van der Waals surface area contributed by atoms with E-state index in [0.717, 1.165) is 24.3 Å². The van der Waals surface area contributed by atoms with Crippen LogP contribution in [0.1, 0.15) is 38.3 Å². The second-order valence-electron chi connectivity index (χ2n) is 7.55. The van der Waals surface area contributed by atoms with Crippen molar-refractivity contribution in [2.75, 3.05) is 14.2 Å². The minimum Gasteiger partial charge on any atom is -0.497 e. The summed E-state index contributed by atoms with van der Waals surface area (Å²) in [7, 11) is 2.52. The van der Waals surface area contributed by atoms with E-state index in [1.165, 1.54) is 21.9 Å². The molecule has 0 atom stereocenters. The molecule has 0 unspecified atom stereocenters. The van der Waals surface area contributed by atoms with Crippen LogP contribution in [0.25, 0.3) is 0 Å². The highest BCUT2D eigenvalue weighted by Gasteiger charge is 2.27. The fourth-order valence-corrected chi connectivity index (χ4v) is 5.02. The highest BCUT2D eigenvalue weighted by Crippen LogP contribution is 2.38. The number of hydrogen-bond donors (Lipinski definition) is 0. The van der Waals surface area contributed by atoms with Crippen LogP contribution >= 0.6 is 0 Å². The summed E-state index contributed by atoms with van der Waals surface area (Å²) in [5.74, 6) is 2.09. The molecule has 0 amide bonds. The fraction of sp³-hybridized carbons (Fsp3) is 0.500. The lowest BCUT2D eigenvalue weighted by atomic mass is 9.84. The van der Waals surface area contributed by atoms with E-state index in [2.05, 4.69) is 58.2 Å². The van der Waals surface area contributed by atoms with Gasteiger partial charge in [0.25, 0.3) is 0 Å². The quantitative estimate of drug-likeness (QED) is 0.756. The summed E-state index contributed by atoms with van der Waals surface area (Å²) < 4.78 is 11.7. The molecular formula is C20H30O2Si. The second-order valence-corrected chi connectivity index (χ2v) is 10.4. The summed E-state index contributed by atoms with van der Waals surface area (Å²) in [6.45, 7) is 11.4. The van der Waals surface area contributed by atoms with Gasteiger partial charge in [0.1, 0.15) is 11.5 Å². The molecule has 1 aliphatic carbocycles. The van der Waals surface area contributed by atoms with E-state index in [9.17, 15) is 0 Å². The third-order valence-corrected chi connectivity index (χ3v) is 6.21. The van der Waals surface area contributed by atoms with Crippen LogP contribution in [0, 0.1) is 0 Å². The van der Waals surface area contributed by atoms with Gasteiger partial charge in [-0.25, -0.2) is 0 Å². The van der Waals surface area contributed by atoms with Crippen molar-refractivity contribution >= 4 is 14.0 Å². The van der Waals surface area contributed by atoms with Crippen LogP contribution in [-0.2, 0) is 11.8 Å². The molecule has 3 heteroatoms. The van der Waals surface area contributed by atoms with Gasteiger partial charge in [0.15, 0.2) is 0 Å². The second kappa shape index (κ2) is 6.96. The molecule has 2 rings (SSSR count). The van der Waals surface area contributed by atoms with Crippen molar-refractivity contribution in [1.29, 1.82) is 0 Å². The Kier molecular flexibility index (Phi) is 5.40. The van der Waals surface area contributed by atoms with Gasteiger partial charge in [0.2, 0.25) is 0 Å². The molecule has 0 spiro atoms. The molecule has 2 nitrogen and oxygen atoms in total. The monoisotopic (exact) mass is 330 g/mol. The van der Waals surface area contributed by atoms with Gasteiger partial charge < -0.3 is 9.47 Å². The van der Waals surface area contributed by atoms with Crippen molar-refractivity contribution in [2.45, 2.75) is 52.1 Å². The number of methoxy groups -OCH3 is 2. The summed E-state index contributed by atoms with van der Waals surface area (Å²) in [5.41, 5.74) is 3.96. The summed E-state index contributed by atoms with van der Waals surface area (Å²) in [4.78, 5) is 0. The number of rotatable bonds is 5. The van der Waals surface area contributed by atoms with Gasteiger partial charge >= 0.3 is 0 Å². The van der Waals surface area contributed by atoms with Crippen molar-refractivity contribution in [3.63, 3.8) is 0 Å². The summed E-state index contributed by atoms with van der Waals surface area (Å²) in [6.07, 6.45) is 8.74. The Morgan fingerprint density at radius 3 is 2.26 bits per heavy atom. The molecule has 0 radical (unpaired) electrons. The molecule has 0 bridgehead atoms. The lowest BCUT2D eigenvalue weighted by Gasteiger charge is -2.28. The van der Waals surface area contributed by atoms with Gasteiger partial charge in [0, 0.05) is 17.5 Å². The molecule has 126 valence electrons. The molecule has 0 heterocycles. The predicted molar refractivity (Wildman–Crippen MR) is 102 cm³/mol. The maximum absolute atomic E-state index is 5.92. The van der Waals surface area contributed by atoms with Gasteiger partial charge in [-0.3, -0.25) is 0 Å². The summed E-state index contributed by atoms with van der Waals surface area (Å²) >= 11 is 0. The van der Waals surface area contributed by atoms with Gasteiger partial charge in [-0.2, -0.15) is 0 Å². The van der Waals surface area contributed by atoms with Crippen LogP contribution in [0.15, 0.2) is 29.9 Å². The molecule has 0 N–H and O–H groups in total. The Bertz CT molecular complexity index is 634. The van der Waals surface area contributed by atoms with E-state index in [1.54, 1.807) is 14.2 Å². The third-order valence-electron chi connectivity index (χ3n) is 4.42. The zero-order chi connectivity index (χ0) is 17.2. The summed E-state index contributed by atoms with van der Waals surface area (Å²) in [5, 5.41) is 1.40. The van der Waals surface area contributed by atoms with Crippen LogP contribution in [0.4, 0.5) is 0 Å².